The maximum absolute atomic E-state index is 6.62. The molecule has 0 saturated heterocycles. The van der Waals surface area contributed by atoms with E-state index >= 15 is 0 Å². The van der Waals surface area contributed by atoms with Crippen LogP contribution in [0.25, 0.3) is 114 Å². The minimum absolute atomic E-state index is 0.933. The smallest absolute Gasteiger partial charge is 0.145 e. The molecule has 54 heavy (non-hydrogen) atoms. The van der Waals surface area contributed by atoms with Gasteiger partial charge in [0.2, 0.25) is 0 Å². The van der Waals surface area contributed by atoms with E-state index in [4.69, 9.17) is 4.42 Å². The van der Waals surface area contributed by atoms with Crippen molar-refractivity contribution in [3.8, 4) is 33.4 Å². The first kappa shape index (κ1) is 30.8. The molecule has 0 aliphatic heterocycles. The normalized spacial score (nSPS) is 12.1. The Bertz CT molecular complexity index is 3280. The summed E-state index contributed by atoms with van der Waals surface area (Å²) in [4.78, 5) is 0. The van der Waals surface area contributed by atoms with Gasteiger partial charge in [0.1, 0.15) is 11.2 Å². The molecule has 0 unspecified atom stereocenters. The fourth-order valence-corrected chi connectivity index (χ4v) is 9.91. The van der Waals surface area contributed by atoms with Crippen LogP contribution in [0.4, 0.5) is 0 Å². The molecular weight excluding hydrogens is 673 g/mol. The molecule has 0 aliphatic rings. The molecule has 0 aliphatic carbocycles. The van der Waals surface area contributed by atoms with Crippen LogP contribution in [0.2, 0.25) is 0 Å². The molecule has 0 spiro atoms. The van der Waals surface area contributed by atoms with Crippen LogP contribution in [0.15, 0.2) is 187 Å². The number of rotatable bonds is 5. The summed E-state index contributed by atoms with van der Waals surface area (Å²) in [6.07, 6.45) is 5.92. The highest BCUT2D eigenvalue weighted by Gasteiger charge is 2.20. The number of hydrogen-bond acceptors (Lipinski definition) is 2. The maximum atomic E-state index is 6.62. The van der Waals surface area contributed by atoms with Crippen molar-refractivity contribution >= 4 is 91.8 Å². The van der Waals surface area contributed by atoms with Crippen molar-refractivity contribution in [3.05, 3.63) is 188 Å². The molecule has 252 valence electrons. The number of allylic oxidation sites excluding steroid dienone is 2. The molecule has 9 aromatic carbocycles. The topological polar surface area (TPSA) is 13.1 Å². The third kappa shape index (κ3) is 4.64. The lowest BCUT2D eigenvalue weighted by Crippen LogP contribution is -1.91. The summed E-state index contributed by atoms with van der Waals surface area (Å²) in [6, 6.07) is 59.7. The first-order valence-electron chi connectivity index (χ1n) is 18.4. The Morgan fingerprint density at radius 3 is 1.74 bits per heavy atom. The Hall–Kier alpha value is -6.74. The summed E-state index contributed by atoms with van der Waals surface area (Å²) in [6.45, 7) is 3.85. The molecule has 1 nitrogen and oxygen atoms in total. The molecule has 0 bridgehead atoms. The second-order valence-corrected chi connectivity index (χ2v) is 15.1. The molecule has 0 saturated carbocycles. The standard InChI is InChI=1S/C52H32OS/c1-2-3-13-32-14-12-15-36(30-32)48-39-18-6-4-16-37(39)47(38-17-5-7-19-40(38)48)34-26-24-33(25-27-34)35-28-29-44-46(31-35)54-52-42-21-9-8-20-41(42)49-43-22-10-11-23-45(43)53-51(49)50(44)52/h2-31H,1H2/b13-3-. The van der Waals surface area contributed by atoms with Gasteiger partial charge in [0.15, 0.2) is 0 Å². The molecule has 2 heteroatoms. The molecular formula is C52H32OS. The first-order valence-corrected chi connectivity index (χ1v) is 19.2. The number of furan rings is 1. The minimum Gasteiger partial charge on any atom is -0.455 e. The molecule has 11 rings (SSSR count). The van der Waals surface area contributed by atoms with E-state index in [2.05, 4.69) is 176 Å². The number of hydrogen-bond donors (Lipinski definition) is 0. The summed E-state index contributed by atoms with van der Waals surface area (Å²) < 4.78 is 9.17. The summed E-state index contributed by atoms with van der Waals surface area (Å²) in [5.74, 6) is 0. The highest BCUT2D eigenvalue weighted by molar-refractivity contribution is 7.27. The van der Waals surface area contributed by atoms with Crippen LogP contribution in [0.5, 0.6) is 0 Å². The number of para-hydroxylation sites is 1. The molecule has 2 heterocycles. The first-order chi connectivity index (χ1) is 26.7. The SMILES string of the molecule is C=C/C=C\c1cccc(-c2c3ccccc3c(-c3ccc(-c4ccc5c(c4)sc4c6ccccc6c6c7ccccc7oc6c54)cc3)c3ccccc23)c1. The Balaban J connectivity index is 1.06. The van der Waals surface area contributed by atoms with Crippen LogP contribution in [0, 0.1) is 0 Å². The fraction of sp³-hybridized carbons (Fsp3) is 0. The average molecular weight is 705 g/mol. The number of fused-ring (bicyclic) bond motifs is 12. The van der Waals surface area contributed by atoms with Crippen molar-refractivity contribution in [2.75, 3.05) is 0 Å². The third-order valence-corrected chi connectivity index (χ3v) is 12.2. The van der Waals surface area contributed by atoms with Gasteiger partial charge in [0.05, 0.1) is 0 Å². The van der Waals surface area contributed by atoms with E-state index in [1.807, 2.05) is 23.5 Å². The zero-order valence-corrected chi connectivity index (χ0v) is 30.2. The Kier molecular flexibility index (Phi) is 6.95. The molecule has 0 atom stereocenters. The second kappa shape index (κ2) is 12.2. The highest BCUT2D eigenvalue weighted by Crippen LogP contribution is 2.48. The van der Waals surface area contributed by atoms with E-state index in [9.17, 15) is 0 Å². The van der Waals surface area contributed by atoms with Gasteiger partial charge in [-0.25, -0.2) is 0 Å². The van der Waals surface area contributed by atoms with Crippen LogP contribution in [0.3, 0.4) is 0 Å². The zero-order chi connectivity index (χ0) is 35.8. The van der Waals surface area contributed by atoms with Crippen LogP contribution in [0.1, 0.15) is 5.56 Å². The van der Waals surface area contributed by atoms with Gasteiger partial charge < -0.3 is 4.42 Å². The molecule has 0 amide bonds. The second-order valence-electron chi connectivity index (χ2n) is 14.0. The predicted octanol–water partition coefficient (Wildman–Crippen LogP) is 15.6. The van der Waals surface area contributed by atoms with E-state index in [-0.39, 0.29) is 0 Å². The average Bonchev–Trinajstić information content (AvgIpc) is 3.81. The lowest BCUT2D eigenvalue weighted by molar-refractivity contribution is 0.673. The van der Waals surface area contributed by atoms with Crippen molar-refractivity contribution in [2.24, 2.45) is 0 Å². The van der Waals surface area contributed by atoms with Crippen molar-refractivity contribution < 1.29 is 4.42 Å². The van der Waals surface area contributed by atoms with E-state index < -0.39 is 0 Å². The van der Waals surface area contributed by atoms with Gasteiger partial charge in [0, 0.05) is 36.3 Å². The van der Waals surface area contributed by atoms with Crippen molar-refractivity contribution in [1.29, 1.82) is 0 Å². The van der Waals surface area contributed by atoms with E-state index in [0.717, 1.165) is 16.7 Å². The highest BCUT2D eigenvalue weighted by atomic mass is 32.1. The van der Waals surface area contributed by atoms with Gasteiger partial charge in [-0.1, -0.05) is 170 Å². The van der Waals surface area contributed by atoms with Crippen LogP contribution in [-0.4, -0.2) is 0 Å². The van der Waals surface area contributed by atoms with Crippen molar-refractivity contribution in [3.63, 3.8) is 0 Å². The molecule has 0 N–H and O–H groups in total. The number of thiophene rings is 1. The van der Waals surface area contributed by atoms with Gasteiger partial charge in [-0.05, 0) is 84.1 Å². The van der Waals surface area contributed by atoms with Gasteiger partial charge in [-0.2, -0.15) is 0 Å². The molecule has 0 radical (unpaired) electrons. The van der Waals surface area contributed by atoms with Crippen LogP contribution in [-0.2, 0) is 0 Å². The van der Waals surface area contributed by atoms with Gasteiger partial charge in [0.25, 0.3) is 0 Å². The lowest BCUT2D eigenvalue weighted by Gasteiger charge is -2.18. The monoisotopic (exact) mass is 704 g/mol. The largest absolute Gasteiger partial charge is 0.455 e. The maximum Gasteiger partial charge on any atom is 0.145 e. The Morgan fingerprint density at radius 1 is 0.444 bits per heavy atom. The number of benzene rings is 9. The van der Waals surface area contributed by atoms with E-state index in [1.54, 1.807) is 0 Å². The van der Waals surface area contributed by atoms with Gasteiger partial charge in [-0.3, -0.25) is 0 Å². The molecule has 2 aromatic heterocycles. The van der Waals surface area contributed by atoms with Crippen molar-refractivity contribution in [2.45, 2.75) is 0 Å². The fourth-order valence-electron chi connectivity index (χ4n) is 8.64. The Labute approximate surface area is 316 Å². The third-order valence-electron chi connectivity index (χ3n) is 11.0. The van der Waals surface area contributed by atoms with Crippen LogP contribution < -0.4 is 0 Å². The van der Waals surface area contributed by atoms with Gasteiger partial charge >= 0.3 is 0 Å². The minimum atomic E-state index is 0.933. The summed E-state index contributed by atoms with van der Waals surface area (Å²) >= 11 is 1.86. The molecule has 11 aromatic rings. The predicted molar refractivity (Wildman–Crippen MR) is 235 cm³/mol. The van der Waals surface area contributed by atoms with Gasteiger partial charge in [-0.15, -0.1) is 11.3 Å². The quantitative estimate of drug-likeness (QED) is 0.128. The summed E-state index contributed by atoms with van der Waals surface area (Å²) in [7, 11) is 0. The van der Waals surface area contributed by atoms with E-state index in [0.29, 0.717) is 0 Å². The summed E-state index contributed by atoms with van der Waals surface area (Å²) in [5.41, 5.74) is 10.4. The summed E-state index contributed by atoms with van der Waals surface area (Å²) in [5, 5.41) is 12.4. The Morgan fingerprint density at radius 2 is 1.04 bits per heavy atom. The molecule has 0 fully saturated rings. The lowest BCUT2D eigenvalue weighted by atomic mass is 9.85. The van der Waals surface area contributed by atoms with E-state index in [1.165, 1.54) is 96.6 Å². The van der Waals surface area contributed by atoms with Crippen molar-refractivity contribution in [1.82, 2.24) is 0 Å². The van der Waals surface area contributed by atoms with Crippen LogP contribution >= 0.6 is 11.3 Å². The zero-order valence-electron chi connectivity index (χ0n) is 29.3.